The molecule has 5 aliphatic rings. The lowest BCUT2D eigenvalue weighted by molar-refractivity contribution is -0.0399. The summed E-state index contributed by atoms with van der Waals surface area (Å²) in [7, 11) is 0. The Kier molecular flexibility index (Phi) is 6.13. The van der Waals surface area contributed by atoms with Crippen LogP contribution in [0.15, 0.2) is 152 Å². The van der Waals surface area contributed by atoms with E-state index >= 15 is 0 Å². The minimum absolute atomic E-state index is 0.131. The van der Waals surface area contributed by atoms with E-state index in [1.54, 1.807) is 11.1 Å². The van der Waals surface area contributed by atoms with E-state index in [0.717, 1.165) is 23.7 Å². The standard InChI is InChI=1S/C46H39N/c1-3-12-33(13-4-1)35-16-11-17-38(29-35)47(45-21-10-8-18-40(45)34-14-5-2-6-15-34)39-22-23-42-41-19-7-9-20-43(41)46(44(42)30-39)36-25-31-24-32(27-36)28-37(46)26-31/h1-23,29-32,36-37H,24-28H2. The van der Waals surface area contributed by atoms with Crippen molar-refractivity contribution in [3.63, 3.8) is 0 Å². The molecular formula is C46H39N. The second-order valence-electron chi connectivity index (χ2n) is 14.6. The van der Waals surface area contributed by atoms with Gasteiger partial charge in [0.25, 0.3) is 0 Å². The second kappa shape index (κ2) is 10.6. The summed E-state index contributed by atoms with van der Waals surface area (Å²) in [5, 5.41) is 0. The van der Waals surface area contributed by atoms with Crippen molar-refractivity contribution < 1.29 is 0 Å². The summed E-state index contributed by atoms with van der Waals surface area (Å²) < 4.78 is 0. The number of para-hydroxylation sites is 1. The highest BCUT2D eigenvalue weighted by Crippen LogP contribution is 2.69. The van der Waals surface area contributed by atoms with Crippen LogP contribution in [-0.2, 0) is 5.41 Å². The van der Waals surface area contributed by atoms with E-state index in [9.17, 15) is 0 Å². The van der Waals surface area contributed by atoms with E-state index in [1.165, 1.54) is 82.5 Å². The SMILES string of the molecule is c1ccc(-c2cccc(N(c3ccc4c(c3)C3(c5ccccc5-4)C4CC5CC(C4)CC3C5)c3ccccc3-c3ccccc3)c2)cc1. The van der Waals surface area contributed by atoms with Crippen molar-refractivity contribution in [3.8, 4) is 33.4 Å². The van der Waals surface area contributed by atoms with Crippen LogP contribution in [0.4, 0.5) is 17.1 Å². The first kappa shape index (κ1) is 27.3. The number of nitrogens with zero attached hydrogens (tertiary/aromatic N) is 1. The molecule has 4 saturated carbocycles. The first-order valence-corrected chi connectivity index (χ1v) is 17.6. The third kappa shape index (κ3) is 4.08. The van der Waals surface area contributed by atoms with Gasteiger partial charge in [-0.05, 0) is 125 Å². The van der Waals surface area contributed by atoms with Gasteiger partial charge < -0.3 is 4.90 Å². The third-order valence-electron chi connectivity index (χ3n) is 12.2. The molecule has 0 unspecified atom stereocenters. The lowest BCUT2D eigenvalue weighted by Crippen LogP contribution is -2.55. The first-order valence-electron chi connectivity index (χ1n) is 17.6. The summed E-state index contributed by atoms with van der Waals surface area (Å²) in [6, 6.07) is 56.6. The molecule has 5 aliphatic carbocycles. The van der Waals surface area contributed by atoms with Gasteiger partial charge in [0.15, 0.2) is 0 Å². The van der Waals surface area contributed by atoms with Crippen LogP contribution in [0, 0.1) is 23.7 Å². The summed E-state index contributed by atoms with van der Waals surface area (Å²) >= 11 is 0. The van der Waals surface area contributed by atoms with Gasteiger partial charge in [-0.2, -0.15) is 0 Å². The van der Waals surface area contributed by atoms with E-state index in [4.69, 9.17) is 0 Å². The largest absolute Gasteiger partial charge is 0.310 e. The fraction of sp³-hybridized carbons (Fsp3) is 0.217. The molecule has 6 aromatic carbocycles. The Morgan fingerprint density at radius 3 is 1.72 bits per heavy atom. The predicted octanol–water partition coefficient (Wildman–Crippen LogP) is 12.2. The minimum atomic E-state index is 0.131. The fourth-order valence-corrected chi connectivity index (χ4v) is 10.7. The monoisotopic (exact) mass is 605 g/mol. The van der Waals surface area contributed by atoms with Gasteiger partial charge in [-0.3, -0.25) is 0 Å². The van der Waals surface area contributed by atoms with Gasteiger partial charge in [0, 0.05) is 22.4 Å². The Morgan fingerprint density at radius 1 is 0.404 bits per heavy atom. The van der Waals surface area contributed by atoms with Gasteiger partial charge in [0.1, 0.15) is 0 Å². The summed E-state index contributed by atoms with van der Waals surface area (Å²) in [4.78, 5) is 2.53. The number of hydrogen-bond donors (Lipinski definition) is 0. The Morgan fingerprint density at radius 2 is 0.979 bits per heavy atom. The Bertz CT molecular complexity index is 2080. The smallest absolute Gasteiger partial charge is 0.0540 e. The molecule has 0 aromatic heterocycles. The number of hydrogen-bond acceptors (Lipinski definition) is 1. The van der Waals surface area contributed by atoms with Gasteiger partial charge in [-0.15, -0.1) is 0 Å². The molecule has 4 fully saturated rings. The van der Waals surface area contributed by atoms with E-state index in [-0.39, 0.29) is 5.41 Å². The van der Waals surface area contributed by atoms with E-state index in [1.807, 2.05) is 0 Å². The number of fused-ring (bicyclic) bond motifs is 3. The molecule has 228 valence electrons. The van der Waals surface area contributed by atoms with Crippen molar-refractivity contribution >= 4 is 17.1 Å². The quantitative estimate of drug-likeness (QED) is 0.189. The molecule has 0 amide bonds. The summed E-state index contributed by atoms with van der Waals surface area (Å²) in [6.45, 7) is 0. The van der Waals surface area contributed by atoms with Crippen LogP contribution in [0.3, 0.4) is 0 Å². The van der Waals surface area contributed by atoms with Gasteiger partial charge in [-0.25, -0.2) is 0 Å². The van der Waals surface area contributed by atoms with Crippen molar-refractivity contribution in [1.82, 2.24) is 0 Å². The second-order valence-corrected chi connectivity index (χ2v) is 14.6. The number of rotatable bonds is 5. The van der Waals surface area contributed by atoms with E-state index < -0.39 is 0 Å². The maximum atomic E-state index is 2.62. The van der Waals surface area contributed by atoms with Crippen LogP contribution in [0.5, 0.6) is 0 Å². The minimum Gasteiger partial charge on any atom is -0.310 e. The molecule has 1 heteroatoms. The molecule has 11 rings (SSSR count). The van der Waals surface area contributed by atoms with Crippen LogP contribution >= 0.6 is 0 Å². The Labute approximate surface area is 278 Å². The summed E-state index contributed by atoms with van der Waals surface area (Å²) in [5.41, 5.74) is 14.9. The molecule has 1 spiro atoms. The zero-order valence-corrected chi connectivity index (χ0v) is 26.7. The van der Waals surface area contributed by atoms with Gasteiger partial charge in [-0.1, -0.05) is 121 Å². The maximum absolute atomic E-state index is 2.62. The molecule has 0 radical (unpaired) electrons. The number of benzene rings is 6. The van der Waals surface area contributed by atoms with Crippen LogP contribution in [-0.4, -0.2) is 0 Å². The van der Waals surface area contributed by atoms with Crippen LogP contribution < -0.4 is 4.90 Å². The zero-order chi connectivity index (χ0) is 31.0. The van der Waals surface area contributed by atoms with Gasteiger partial charge in [0.2, 0.25) is 0 Å². The molecule has 4 bridgehead atoms. The average molecular weight is 606 g/mol. The molecule has 0 heterocycles. The van der Waals surface area contributed by atoms with Crippen LogP contribution in [0.1, 0.15) is 43.2 Å². The highest BCUT2D eigenvalue weighted by atomic mass is 15.1. The van der Waals surface area contributed by atoms with Gasteiger partial charge in [0.05, 0.1) is 5.69 Å². The first-order chi connectivity index (χ1) is 23.3. The Balaban J connectivity index is 1.20. The van der Waals surface area contributed by atoms with Crippen molar-refractivity contribution in [2.75, 3.05) is 4.90 Å². The van der Waals surface area contributed by atoms with Crippen molar-refractivity contribution in [1.29, 1.82) is 0 Å². The van der Waals surface area contributed by atoms with Crippen LogP contribution in [0.25, 0.3) is 33.4 Å². The molecule has 6 aromatic rings. The molecule has 47 heavy (non-hydrogen) atoms. The Hall–Kier alpha value is -4.88. The highest BCUT2D eigenvalue weighted by molar-refractivity contribution is 5.91. The van der Waals surface area contributed by atoms with E-state index in [0.29, 0.717) is 0 Å². The number of anilines is 3. The maximum Gasteiger partial charge on any atom is 0.0540 e. The lowest BCUT2D eigenvalue weighted by Gasteiger charge is -2.61. The van der Waals surface area contributed by atoms with Crippen molar-refractivity contribution in [3.05, 3.63) is 163 Å². The van der Waals surface area contributed by atoms with E-state index in [2.05, 4.69) is 157 Å². The third-order valence-corrected chi connectivity index (χ3v) is 12.2. The highest BCUT2D eigenvalue weighted by Gasteiger charge is 2.61. The fourth-order valence-electron chi connectivity index (χ4n) is 10.7. The van der Waals surface area contributed by atoms with Crippen molar-refractivity contribution in [2.45, 2.75) is 37.5 Å². The zero-order valence-electron chi connectivity index (χ0n) is 26.7. The molecule has 0 atom stereocenters. The normalized spacial score (nSPS) is 24.7. The summed E-state index contributed by atoms with van der Waals surface area (Å²) in [6.07, 6.45) is 7.05. The predicted molar refractivity (Wildman–Crippen MR) is 195 cm³/mol. The molecule has 1 nitrogen and oxygen atoms in total. The molecule has 0 aliphatic heterocycles. The lowest BCUT2D eigenvalue weighted by atomic mass is 9.43. The topological polar surface area (TPSA) is 3.24 Å². The summed E-state index contributed by atoms with van der Waals surface area (Å²) in [5.74, 6) is 3.33. The molecule has 0 saturated heterocycles. The molecule has 0 N–H and O–H groups in total. The van der Waals surface area contributed by atoms with Crippen LogP contribution in [0.2, 0.25) is 0 Å². The average Bonchev–Trinajstić information content (AvgIpc) is 3.42. The van der Waals surface area contributed by atoms with Crippen molar-refractivity contribution in [2.24, 2.45) is 23.7 Å². The van der Waals surface area contributed by atoms with Gasteiger partial charge >= 0.3 is 0 Å². The molecular weight excluding hydrogens is 567 g/mol.